The molecule has 1 aromatic heterocycles. The summed E-state index contributed by atoms with van der Waals surface area (Å²) in [5, 5.41) is 15.6. The lowest BCUT2D eigenvalue weighted by molar-refractivity contribution is 0.428. The first-order chi connectivity index (χ1) is 6.92. The molecule has 0 aliphatic carbocycles. The van der Waals surface area contributed by atoms with E-state index in [2.05, 4.69) is 10.2 Å². The number of amidine groups is 1. The summed E-state index contributed by atoms with van der Waals surface area (Å²) in [7, 11) is 0. The standard InChI is InChI=1S/C9H16N4OS/c1-6-12-13-8(14-6)15-5-4-9(2,3)7(10)11/h4-5H2,1-3H3,(H3,10,11). The SMILES string of the molecule is Cc1nnc(SCCC(C)(C)C(=N)N)o1. The van der Waals surface area contributed by atoms with E-state index in [1.54, 1.807) is 6.92 Å². The molecule has 5 nitrogen and oxygen atoms in total. The minimum absolute atomic E-state index is 0.213. The minimum Gasteiger partial charge on any atom is -0.416 e. The fraction of sp³-hybridized carbons (Fsp3) is 0.667. The number of hydrogen-bond donors (Lipinski definition) is 2. The van der Waals surface area contributed by atoms with Crippen molar-refractivity contribution in [3.8, 4) is 0 Å². The van der Waals surface area contributed by atoms with Crippen LogP contribution in [0.5, 0.6) is 0 Å². The number of aromatic nitrogens is 2. The summed E-state index contributed by atoms with van der Waals surface area (Å²) in [6.07, 6.45) is 0.814. The number of nitrogens with one attached hydrogen (secondary N) is 1. The average Bonchev–Trinajstić information content (AvgIpc) is 2.51. The molecule has 0 aromatic carbocycles. The van der Waals surface area contributed by atoms with E-state index in [4.69, 9.17) is 15.6 Å². The van der Waals surface area contributed by atoms with Crippen molar-refractivity contribution in [1.82, 2.24) is 10.2 Å². The lowest BCUT2D eigenvalue weighted by Crippen LogP contribution is -2.31. The molecular weight excluding hydrogens is 212 g/mol. The fourth-order valence-corrected chi connectivity index (χ4v) is 1.93. The van der Waals surface area contributed by atoms with Crippen molar-refractivity contribution >= 4 is 17.6 Å². The van der Waals surface area contributed by atoms with Crippen LogP contribution in [0.15, 0.2) is 9.64 Å². The highest BCUT2D eigenvalue weighted by atomic mass is 32.2. The number of nitrogens with two attached hydrogens (primary N) is 1. The molecule has 15 heavy (non-hydrogen) atoms. The Morgan fingerprint density at radius 3 is 2.67 bits per heavy atom. The smallest absolute Gasteiger partial charge is 0.276 e. The lowest BCUT2D eigenvalue weighted by Gasteiger charge is -2.21. The Labute approximate surface area is 93.3 Å². The second-order valence-electron chi connectivity index (χ2n) is 3.98. The topological polar surface area (TPSA) is 88.8 Å². The Morgan fingerprint density at radius 1 is 1.53 bits per heavy atom. The molecule has 0 fully saturated rings. The zero-order valence-corrected chi connectivity index (χ0v) is 10.0. The van der Waals surface area contributed by atoms with E-state index in [0.717, 1.165) is 12.2 Å². The van der Waals surface area contributed by atoms with Crippen molar-refractivity contribution in [1.29, 1.82) is 5.41 Å². The van der Waals surface area contributed by atoms with Crippen LogP contribution in [-0.2, 0) is 0 Å². The van der Waals surface area contributed by atoms with Crippen LogP contribution in [0.1, 0.15) is 26.2 Å². The summed E-state index contributed by atoms with van der Waals surface area (Å²) in [5.74, 6) is 1.60. The molecule has 0 saturated carbocycles. The van der Waals surface area contributed by atoms with E-state index in [0.29, 0.717) is 11.1 Å². The maximum atomic E-state index is 7.40. The van der Waals surface area contributed by atoms with E-state index in [-0.39, 0.29) is 11.3 Å². The molecule has 6 heteroatoms. The largest absolute Gasteiger partial charge is 0.416 e. The average molecular weight is 228 g/mol. The van der Waals surface area contributed by atoms with Gasteiger partial charge in [0.15, 0.2) is 0 Å². The van der Waals surface area contributed by atoms with E-state index >= 15 is 0 Å². The highest BCUT2D eigenvalue weighted by Gasteiger charge is 2.21. The minimum atomic E-state index is -0.262. The van der Waals surface area contributed by atoms with Gasteiger partial charge in [-0.3, -0.25) is 5.41 Å². The monoisotopic (exact) mass is 228 g/mol. The first-order valence-electron chi connectivity index (χ1n) is 4.69. The van der Waals surface area contributed by atoms with Crippen molar-refractivity contribution in [3.05, 3.63) is 5.89 Å². The molecule has 0 aliphatic rings. The molecular formula is C9H16N4OS. The van der Waals surface area contributed by atoms with Crippen LogP contribution in [0.2, 0.25) is 0 Å². The second-order valence-corrected chi connectivity index (χ2v) is 5.03. The van der Waals surface area contributed by atoms with Gasteiger partial charge in [-0.1, -0.05) is 25.6 Å². The molecule has 0 saturated heterocycles. The van der Waals surface area contributed by atoms with E-state index in [1.165, 1.54) is 11.8 Å². The Hall–Kier alpha value is -1.04. The molecule has 0 bridgehead atoms. The molecule has 0 unspecified atom stereocenters. The van der Waals surface area contributed by atoms with Crippen molar-refractivity contribution in [2.75, 3.05) is 5.75 Å². The van der Waals surface area contributed by atoms with Crippen LogP contribution >= 0.6 is 11.8 Å². The van der Waals surface area contributed by atoms with Crippen molar-refractivity contribution in [2.45, 2.75) is 32.4 Å². The molecule has 0 aliphatic heterocycles. The van der Waals surface area contributed by atoms with Crippen LogP contribution in [0, 0.1) is 17.7 Å². The van der Waals surface area contributed by atoms with Crippen molar-refractivity contribution < 1.29 is 4.42 Å². The van der Waals surface area contributed by atoms with Gasteiger partial charge in [0.1, 0.15) is 0 Å². The van der Waals surface area contributed by atoms with Gasteiger partial charge < -0.3 is 10.2 Å². The molecule has 0 radical (unpaired) electrons. The lowest BCUT2D eigenvalue weighted by atomic mass is 9.89. The van der Waals surface area contributed by atoms with Crippen molar-refractivity contribution in [2.24, 2.45) is 11.1 Å². The number of thioether (sulfide) groups is 1. The first kappa shape index (κ1) is 12.0. The van der Waals surface area contributed by atoms with Gasteiger partial charge in [0.2, 0.25) is 5.89 Å². The number of hydrogen-bond acceptors (Lipinski definition) is 5. The van der Waals surface area contributed by atoms with Crippen LogP contribution in [-0.4, -0.2) is 21.8 Å². The summed E-state index contributed by atoms with van der Waals surface area (Å²) in [6.45, 7) is 5.67. The van der Waals surface area contributed by atoms with E-state index in [9.17, 15) is 0 Å². The Kier molecular flexibility index (Phi) is 3.73. The van der Waals surface area contributed by atoms with E-state index in [1.807, 2.05) is 13.8 Å². The highest BCUT2D eigenvalue weighted by molar-refractivity contribution is 7.99. The third kappa shape index (κ3) is 3.54. The second kappa shape index (κ2) is 4.65. The molecule has 3 N–H and O–H groups in total. The molecule has 0 amide bonds. The predicted octanol–water partition coefficient (Wildman–Crippen LogP) is 1.82. The fourth-order valence-electron chi connectivity index (χ4n) is 0.865. The van der Waals surface area contributed by atoms with Crippen molar-refractivity contribution in [3.63, 3.8) is 0 Å². The zero-order valence-electron chi connectivity index (χ0n) is 9.20. The summed E-state index contributed by atoms with van der Waals surface area (Å²) in [4.78, 5) is 0. The van der Waals surface area contributed by atoms with Gasteiger partial charge in [-0.25, -0.2) is 0 Å². The molecule has 1 heterocycles. The number of aryl methyl sites for hydroxylation is 1. The summed E-state index contributed by atoms with van der Waals surface area (Å²) in [5.41, 5.74) is 5.21. The quantitative estimate of drug-likeness (QED) is 0.456. The van der Waals surface area contributed by atoms with Crippen LogP contribution in [0.3, 0.4) is 0 Å². The Morgan fingerprint density at radius 2 is 2.20 bits per heavy atom. The maximum Gasteiger partial charge on any atom is 0.276 e. The van der Waals surface area contributed by atoms with Gasteiger partial charge in [0.25, 0.3) is 5.22 Å². The van der Waals surface area contributed by atoms with Gasteiger partial charge in [-0.05, 0) is 6.42 Å². The van der Waals surface area contributed by atoms with Gasteiger partial charge in [0, 0.05) is 18.1 Å². The third-order valence-corrected chi connectivity index (χ3v) is 3.01. The third-order valence-electron chi connectivity index (χ3n) is 2.19. The van der Waals surface area contributed by atoms with Crippen LogP contribution in [0.4, 0.5) is 0 Å². The van der Waals surface area contributed by atoms with Gasteiger partial charge in [0.05, 0.1) is 5.84 Å². The summed E-state index contributed by atoms with van der Waals surface area (Å²) >= 11 is 1.49. The highest BCUT2D eigenvalue weighted by Crippen LogP contribution is 2.25. The number of nitrogens with zero attached hydrogens (tertiary/aromatic N) is 2. The molecule has 84 valence electrons. The zero-order chi connectivity index (χ0) is 11.5. The molecule has 0 spiro atoms. The maximum absolute atomic E-state index is 7.40. The molecule has 0 atom stereocenters. The Balaban J connectivity index is 2.36. The Bertz CT molecular complexity index is 348. The molecule has 1 aromatic rings. The van der Waals surface area contributed by atoms with Gasteiger partial charge in [-0.2, -0.15) is 0 Å². The van der Waals surface area contributed by atoms with E-state index < -0.39 is 0 Å². The molecule has 1 rings (SSSR count). The van der Waals surface area contributed by atoms with Crippen LogP contribution in [0.25, 0.3) is 0 Å². The summed E-state index contributed by atoms with van der Waals surface area (Å²) < 4.78 is 5.21. The summed E-state index contributed by atoms with van der Waals surface area (Å²) in [6, 6.07) is 0. The van der Waals surface area contributed by atoms with Crippen LogP contribution < -0.4 is 5.73 Å². The number of rotatable bonds is 5. The van der Waals surface area contributed by atoms with Gasteiger partial charge in [-0.15, -0.1) is 10.2 Å². The predicted molar refractivity (Wildman–Crippen MR) is 60.1 cm³/mol. The normalized spacial score (nSPS) is 11.7. The first-order valence-corrected chi connectivity index (χ1v) is 5.68. The van der Waals surface area contributed by atoms with Gasteiger partial charge >= 0.3 is 0 Å².